The van der Waals surface area contributed by atoms with Gasteiger partial charge in [0.05, 0.1) is 16.1 Å². The first kappa shape index (κ1) is 15.2. The second kappa shape index (κ2) is 6.36. The Balaban J connectivity index is 3.50. The van der Waals surface area contributed by atoms with E-state index in [-0.39, 0.29) is 11.8 Å². The number of nitro benzene ring substituents is 1. The van der Waals surface area contributed by atoms with Crippen LogP contribution in [0.3, 0.4) is 0 Å². The minimum Gasteiger partial charge on any atom is -0.478 e. The maximum atomic E-state index is 12.3. The molecule has 1 rings (SSSR count). The molecular formula is C11H7F2NO6. The molecule has 1 aromatic carbocycles. The van der Waals surface area contributed by atoms with E-state index < -0.39 is 34.5 Å². The Morgan fingerprint density at radius 2 is 2.00 bits per heavy atom. The number of ether oxygens (including phenoxy) is 1. The van der Waals surface area contributed by atoms with Gasteiger partial charge >= 0.3 is 18.3 Å². The van der Waals surface area contributed by atoms with Crippen LogP contribution in [-0.2, 0) is 4.79 Å². The van der Waals surface area contributed by atoms with Crippen molar-refractivity contribution in [2.45, 2.75) is 6.61 Å². The minimum absolute atomic E-state index is 0.120. The van der Waals surface area contributed by atoms with E-state index >= 15 is 0 Å². The van der Waals surface area contributed by atoms with Crippen LogP contribution in [-0.4, -0.2) is 28.9 Å². The summed E-state index contributed by atoms with van der Waals surface area (Å²) in [5, 5.41) is 19.4. The van der Waals surface area contributed by atoms with Crippen LogP contribution in [0.25, 0.3) is 6.08 Å². The first-order valence-electron chi connectivity index (χ1n) is 4.99. The monoisotopic (exact) mass is 287 g/mol. The second-order valence-electron chi connectivity index (χ2n) is 3.35. The maximum absolute atomic E-state index is 12.3. The van der Waals surface area contributed by atoms with Crippen molar-refractivity contribution in [3.63, 3.8) is 0 Å². The predicted octanol–water partition coefficient (Wildman–Crippen LogP) is 2.11. The Hall–Kier alpha value is -2.84. The molecule has 0 amide bonds. The van der Waals surface area contributed by atoms with E-state index in [1.165, 1.54) is 0 Å². The Labute approximate surface area is 110 Å². The van der Waals surface area contributed by atoms with E-state index in [0.717, 1.165) is 18.2 Å². The largest absolute Gasteiger partial charge is 0.478 e. The number of alkyl halides is 2. The molecule has 0 bridgehead atoms. The van der Waals surface area contributed by atoms with Crippen LogP contribution in [0.4, 0.5) is 14.5 Å². The van der Waals surface area contributed by atoms with E-state index in [1.54, 1.807) is 0 Å². The lowest BCUT2D eigenvalue weighted by Crippen LogP contribution is -2.08. The second-order valence-corrected chi connectivity index (χ2v) is 3.35. The number of carboxylic acid groups (broad SMARTS) is 1. The molecule has 0 saturated heterocycles. The van der Waals surface area contributed by atoms with Crippen molar-refractivity contribution < 1.29 is 33.1 Å². The van der Waals surface area contributed by atoms with Gasteiger partial charge in [0.2, 0.25) is 5.75 Å². The third-order valence-corrected chi connectivity index (χ3v) is 2.12. The van der Waals surface area contributed by atoms with Gasteiger partial charge in [-0.3, -0.25) is 14.9 Å². The highest BCUT2D eigenvalue weighted by molar-refractivity contribution is 5.89. The first-order chi connectivity index (χ1) is 9.36. The van der Waals surface area contributed by atoms with E-state index in [9.17, 15) is 28.5 Å². The fourth-order valence-electron chi connectivity index (χ4n) is 1.39. The molecule has 20 heavy (non-hydrogen) atoms. The number of nitrogens with zero attached hydrogens (tertiary/aromatic N) is 1. The van der Waals surface area contributed by atoms with E-state index in [2.05, 4.69) is 4.74 Å². The van der Waals surface area contributed by atoms with Crippen molar-refractivity contribution >= 4 is 24.0 Å². The smallest absolute Gasteiger partial charge is 0.387 e. The summed E-state index contributed by atoms with van der Waals surface area (Å²) in [6.07, 6.45) is 1.55. The summed E-state index contributed by atoms with van der Waals surface area (Å²) in [5.41, 5.74) is -1.63. The SMILES string of the molecule is O=Cc1ccc(/C=C/C(=O)O)c([N+](=O)[O-])c1OC(F)F. The number of carbonyl (C=O) groups excluding carboxylic acids is 1. The average molecular weight is 287 g/mol. The number of halogens is 2. The lowest BCUT2D eigenvalue weighted by Gasteiger charge is -2.09. The molecule has 0 heterocycles. The van der Waals surface area contributed by atoms with Crippen molar-refractivity contribution in [2.24, 2.45) is 0 Å². The van der Waals surface area contributed by atoms with Crippen LogP contribution in [0.1, 0.15) is 15.9 Å². The zero-order valence-electron chi connectivity index (χ0n) is 9.66. The van der Waals surface area contributed by atoms with Crippen LogP contribution in [0, 0.1) is 10.1 Å². The third-order valence-electron chi connectivity index (χ3n) is 2.12. The minimum atomic E-state index is -3.37. The van der Waals surface area contributed by atoms with Gasteiger partial charge in [-0.05, 0) is 18.2 Å². The molecule has 7 nitrogen and oxygen atoms in total. The zero-order chi connectivity index (χ0) is 15.3. The van der Waals surface area contributed by atoms with Gasteiger partial charge in [-0.25, -0.2) is 4.79 Å². The van der Waals surface area contributed by atoms with Crippen LogP contribution in [0.15, 0.2) is 18.2 Å². The summed E-state index contributed by atoms with van der Waals surface area (Å²) in [5.74, 6) is -2.29. The molecule has 9 heteroatoms. The molecule has 1 aromatic rings. The maximum Gasteiger partial charge on any atom is 0.387 e. The number of rotatable bonds is 6. The zero-order valence-corrected chi connectivity index (χ0v) is 9.66. The van der Waals surface area contributed by atoms with Crippen LogP contribution in [0.2, 0.25) is 0 Å². The lowest BCUT2D eigenvalue weighted by molar-refractivity contribution is -0.386. The Bertz CT molecular complexity index is 585. The molecule has 0 aliphatic carbocycles. The Morgan fingerprint density at radius 1 is 1.40 bits per heavy atom. The third kappa shape index (κ3) is 3.57. The summed E-state index contributed by atoms with van der Waals surface area (Å²) < 4.78 is 28.5. The number of hydrogen-bond acceptors (Lipinski definition) is 5. The summed E-state index contributed by atoms with van der Waals surface area (Å²) in [4.78, 5) is 31.0. The topological polar surface area (TPSA) is 107 Å². The molecule has 0 aliphatic heterocycles. The Kier molecular flexibility index (Phi) is 4.84. The van der Waals surface area contributed by atoms with Gasteiger partial charge in [0.15, 0.2) is 6.29 Å². The number of nitro groups is 1. The molecule has 0 aliphatic rings. The summed E-state index contributed by atoms with van der Waals surface area (Å²) in [6, 6.07) is 2.07. The predicted molar refractivity (Wildman–Crippen MR) is 61.8 cm³/mol. The number of carboxylic acids is 1. The van der Waals surface area contributed by atoms with Crippen LogP contribution < -0.4 is 4.74 Å². The van der Waals surface area contributed by atoms with Gasteiger partial charge in [0.1, 0.15) is 0 Å². The van der Waals surface area contributed by atoms with Gasteiger partial charge < -0.3 is 9.84 Å². The highest BCUT2D eigenvalue weighted by Crippen LogP contribution is 2.35. The molecule has 0 unspecified atom stereocenters. The van der Waals surface area contributed by atoms with E-state index in [0.29, 0.717) is 6.08 Å². The van der Waals surface area contributed by atoms with Gasteiger partial charge in [-0.1, -0.05) is 0 Å². The normalized spacial score (nSPS) is 10.8. The van der Waals surface area contributed by atoms with Gasteiger partial charge in [0.25, 0.3) is 0 Å². The summed E-state index contributed by atoms with van der Waals surface area (Å²) >= 11 is 0. The number of benzene rings is 1. The molecular weight excluding hydrogens is 280 g/mol. The van der Waals surface area contributed by atoms with Crippen molar-refractivity contribution in [1.29, 1.82) is 0 Å². The van der Waals surface area contributed by atoms with E-state index in [4.69, 9.17) is 5.11 Å². The molecule has 106 valence electrons. The molecule has 0 aromatic heterocycles. The van der Waals surface area contributed by atoms with Gasteiger partial charge in [-0.15, -0.1) is 0 Å². The number of hydrogen-bond donors (Lipinski definition) is 1. The molecule has 0 atom stereocenters. The number of aliphatic carboxylic acids is 1. The van der Waals surface area contributed by atoms with E-state index in [1.807, 2.05) is 0 Å². The summed E-state index contributed by atoms with van der Waals surface area (Å²) in [7, 11) is 0. The van der Waals surface area contributed by atoms with Gasteiger partial charge in [0, 0.05) is 6.08 Å². The quantitative estimate of drug-likeness (QED) is 0.371. The lowest BCUT2D eigenvalue weighted by atomic mass is 10.1. The number of carbonyl (C=O) groups is 2. The Morgan fingerprint density at radius 3 is 2.45 bits per heavy atom. The van der Waals surface area contributed by atoms with Crippen molar-refractivity contribution in [3.8, 4) is 5.75 Å². The van der Waals surface area contributed by atoms with Gasteiger partial charge in [-0.2, -0.15) is 8.78 Å². The molecule has 0 saturated carbocycles. The fourth-order valence-corrected chi connectivity index (χ4v) is 1.39. The highest BCUT2D eigenvalue weighted by Gasteiger charge is 2.26. The first-order valence-corrected chi connectivity index (χ1v) is 4.99. The highest BCUT2D eigenvalue weighted by atomic mass is 19.3. The average Bonchev–Trinajstić information content (AvgIpc) is 2.35. The summed E-state index contributed by atoms with van der Waals surface area (Å²) in [6.45, 7) is -3.37. The molecule has 0 fully saturated rings. The van der Waals surface area contributed by atoms with Crippen molar-refractivity contribution in [3.05, 3.63) is 39.4 Å². The van der Waals surface area contributed by atoms with Crippen LogP contribution >= 0.6 is 0 Å². The molecule has 1 N–H and O–H groups in total. The standard InChI is InChI=1S/C11H7F2NO6/c12-11(13)20-10-7(5-15)2-1-6(3-4-8(16)17)9(10)14(18)19/h1-5,11H,(H,16,17)/b4-3+. The fraction of sp³-hybridized carbons (Fsp3) is 0.0909. The molecule has 0 spiro atoms. The molecule has 0 radical (unpaired) electrons. The number of aldehydes is 1. The van der Waals surface area contributed by atoms with Crippen LogP contribution in [0.5, 0.6) is 5.75 Å². The van der Waals surface area contributed by atoms with Crippen molar-refractivity contribution in [1.82, 2.24) is 0 Å². The van der Waals surface area contributed by atoms with Crippen molar-refractivity contribution in [2.75, 3.05) is 0 Å².